The van der Waals surface area contributed by atoms with E-state index >= 15 is 0 Å². The minimum atomic E-state index is -0.549. The maximum Gasteiger partial charge on any atom is 0.270 e. The van der Waals surface area contributed by atoms with Crippen LogP contribution in [-0.4, -0.2) is 39.6 Å². The molecule has 1 N–H and O–H groups in total. The molecule has 3 heterocycles. The lowest BCUT2D eigenvalue weighted by Gasteiger charge is -2.35. The van der Waals surface area contributed by atoms with E-state index in [-0.39, 0.29) is 23.4 Å². The van der Waals surface area contributed by atoms with Crippen molar-refractivity contribution in [3.05, 3.63) is 64.9 Å². The van der Waals surface area contributed by atoms with Crippen LogP contribution >= 0.6 is 0 Å². The van der Waals surface area contributed by atoms with Gasteiger partial charge in [-0.2, -0.15) is 0 Å². The zero-order valence-corrected chi connectivity index (χ0v) is 21.2. The Balaban J connectivity index is 1.21. The number of aromatic nitrogens is 1. The summed E-state index contributed by atoms with van der Waals surface area (Å²) in [6, 6.07) is 10.4. The SMILES string of the molecule is CC(C)C1=NC2(CCCCCC2)N(CC=Cc2ccc3c(c2)CC2(C3)C(=O)Nc3ncccc32)C1=O. The predicted octanol–water partition coefficient (Wildman–Crippen LogP) is 5.07. The Kier molecular flexibility index (Phi) is 5.58. The first-order valence-corrected chi connectivity index (χ1v) is 13.4. The van der Waals surface area contributed by atoms with Gasteiger partial charge in [0.25, 0.3) is 5.91 Å². The van der Waals surface area contributed by atoms with Crippen molar-refractivity contribution in [2.75, 3.05) is 11.9 Å². The molecule has 1 saturated carbocycles. The molecule has 1 aromatic carbocycles. The molecule has 1 atom stereocenters. The molecule has 6 nitrogen and oxygen atoms in total. The summed E-state index contributed by atoms with van der Waals surface area (Å²) in [5, 5.41) is 2.98. The summed E-state index contributed by atoms with van der Waals surface area (Å²) < 4.78 is 0. The second-order valence-corrected chi connectivity index (χ2v) is 11.2. The zero-order chi connectivity index (χ0) is 24.9. The van der Waals surface area contributed by atoms with Crippen molar-refractivity contribution in [2.24, 2.45) is 10.9 Å². The highest BCUT2D eigenvalue weighted by Gasteiger charge is 2.51. The topological polar surface area (TPSA) is 74.7 Å². The lowest BCUT2D eigenvalue weighted by atomic mass is 9.79. The average molecular weight is 483 g/mol. The van der Waals surface area contributed by atoms with Gasteiger partial charge in [-0.25, -0.2) is 4.98 Å². The number of rotatable bonds is 4. The fraction of sp³-hybridized carbons (Fsp3) is 0.467. The van der Waals surface area contributed by atoms with Crippen molar-refractivity contribution in [3.63, 3.8) is 0 Å². The largest absolute Gasteiger partial charge is 0.310 e. The number of carbonyl (C=O) groups excluding carboxylic acids is 2. The molecule has 6 rings (SSSR count). The lowest BCUT2D eigenvalue weighted by molar-refractivity contribution is -0.127. The highest BCUT2D eigenvalue weighted by Crippen LogP contribution is 2.46. The molecule has 0 bridgehead atoms. The third-order valence-electron chi connectivity index (χ3n) is 8.55. The van der Waals surface area contributed by atoms with Crippen molar-refractivity contribution >= 4 is 29.4 Å². The average Bonchev–Trinajstić information content (AvgIpc) is 3.38. The summed E-state index contributed by atoms with van der Waals surface area (Å²) in [6.07, 6.45) is 14.0. The number of fused-ring (bicyclic) bond motifs is 3. The molecule has 1 aromatic heterocycles. The molecule has 2 amide bonds. The molecule has 0 saturated heterocycles. The van der Waals surface area contributed by atoms with E-state index in [0.29, 0.717) is 25.2 Å². The van der Waals surface area contributed by atoms with Gasteiger partial charge in [-0.05, 0) is 61.3 Å². The summed E-state index contributed by atoms with van der Waals surface area (Å²) in [6.45, 7) is 4.70. The minimum Gasteiger partial charge on any atom is -0.310 e. The Morgan fingerprint density at radius 1 is 1.06 bits per heavy atom. The first kappa shape index (κ1) is 23.1. The number of amides is 2. The van der Waals surface area contributed by atoms with Crippen molar-refractivity contribution in [1.29, 1.82) is 0 Å². The van der Waals surface area contributed by atoms with Gasteiger partial charge in [0, 0.05) is 24.2 Å². The van der Waals surface area contributed by atoms with E-state index in [2.05, 4.69) is 54.5 Å². The smallest absolute Gasteiger partial charge is 0.270 e. The molecule has 2 spiro atoms. The summed E-state index contributed by atoms with van der Waals surface area (Å²) >= 11 is 0. The standard InChI is InChI=1S/C30H34N4O2/c1-20(2)25-27(35)34(30(33-25)13-5-3-4-6-14-30)16-8-9-21-11-12-22-18-29(19-23(22)17-21)24-10-7-15-31-26(24)32-28(29)36/h7-12,15,17,20H,3-6,13-14,16,18-19H2,1-2H3,(H,31,32,36). The normalized spacial score (nSPS) is 24.5. The third kappa shape index (κ3) is 3.61. The van der Waals surface area contributed by atoms with Crippen molar-refractivity contribution in [1.82, 2.24) is 9.88 Å². The Morgan fingerprint density at radius 3 is 2.61 bits per heavy atom. The summed E-state index contributed by atoms with van der Waals surface area (Å²) in [7, 11) is 0. The van der Waals surface area contributed by atoms with Crippen LogP contribution in [0.1, 0.15) is 74.6 Å². The summed E-state index contributed by atoms with van der Waals surface area (Å²) in [4.78, 5) is 37.8. The van der Waals surface area contributed by atoms with Crippen LogP contribution in [0.3, 0.4) is 0 Å². The molecule has 2 aromatic rings. The van der Waals surface area contributed by atoms with E-state index < -0.39 is 5.41 Å². The minimum absolute atomic E-state index is 0.0479. The van der Waals surface area contributed by atoms with E-state index in [1.165, 1.54) is 24.0 Å². The quantitative estimate of drug-likeness (QED) is 0.661. The highest BCUT2D eigenvalue weighted by molar-refractivity contribution is 6.41. The molecule has 1 unspecified atom stereocenters. The fourth-order valence-corrected chi connectivity index (χ4v) is 6.65. The Bertz CT molecular complexity index is 1290. The van der Waals surface area contributed by atoms with Gasteiger partial charge in [-0.1, -0.05) is 63.1 Å². The highest BCUT2D eigenvalue weighted by atomic mass is 16.2. The van der Waals surface area contributed by atoms with E-state index in [1.807, 2.05) is 17.0 Å². The van der Waals surface area contributed by atoms with Gasteiger partial charge in [0.05, 0.1) is 5.41 Å². The van der Waals surface area contributed by atoms with Crippen molar-refractivity contribution < 1.29 is 9.59 Å². The first-order chi connectivity index (χ1) is 17.4. The molecule has 2 aliphatic carbocycles. The zero-order valence-electron chi connectivity index (χ0n) is 21.2. The van der Waals surface area contributed by atoms with E-state index in [1.54, 1.807) is 6.20 Å². The van der Waals surface area contributed by atoms with Gasteiger partial charge in [-0.15, -0.1) is 0 Å². The van der Waals surface area contributed by atoms with Gasteiger partial charge in [0.15, 0.2) is 0 Å². The predicted molar refractivity (Wildman–Crippen MR) is 142 cm³/mol. The fourth-order valence-electron chi connectivity index (χ4n) is 6.65. The van der Waals surface area contributed by atoms with Crippen LogP contribution in [0.2, 0.25) is 0 Å². The molecule has 4 aliphatic rings. The second kappa shape index (κ2) is 8.68. The van der Waals surface area contributed by atoms with Crippen molar-refractivity contribution in [2.45, 2.75) is 76.3 Å². The van der Waals surface area contributed by atoms with E-state index in [0.717, 1.165) is 42.5 Å². The molecule has 2 aliphatic heterocycles. The number of pyridine rings is 1. The maximum atomic E-state index is 13.3. The van der Waals surface area contributed by atoms with Crippen LogP contribution < -0.4 is 5.32 Å². The van der Waals surface area contributed by atoms with Crippen LogP contribution in [0.4, 0.5) is 5.82 Å². The van der Waals surface area contributed by atoms with Gasteiger partial charge in [0.1, 0.15) is 17.2 Å². The summed E-state index contributed by atoms with van der Waals surface area (Å²) in [5.41, 5.74) is 4.37. The van der Waals surface area contributed by atoms with Crippen LogP contribution in [0.15, 0.2) is 47.6 Å². The third-order valence-corrected chi connectivity index (χ3v) is 8.55. The first-order valence-electron chi connectivity index (χ1n) is 13.4. The van der Waals surface area contributed by atoms with E-state index in [9.17, 15) is 9.59 Å². The molecule has 0 radical (unpaired) electrons. The van der Waals surface area contributed by atoms with Crippen LogP contribution in [0.25, 0.3) is 6.08 Å². The Morgan fingerprint density at radius 2 is 1.83 bits per heavy atom. The number of hydrogen-bond acceptors (Lipinski definition) is 4. The van der Waals surface area contributed by atoms with Crippen LogP contribution in [0, 0.1) is 5.92 Å². The van der Waals surface area contributed by atoms with Gasteiger partial charge in [0.2, 0.25) is 5.91 Å². The number of benzene rings is 1. The molecular formula is C30H34N4O2. The van der Waals surface area contributed by atoms with Gasteiger partial charge in [-0.3, -0.25) is 14.6 Å². The lowest BCUT2D eigenvalue weighted by Crippen LogP contribution is -2.46. The number of nitrogens with one attached hydrogen (secondary N) is 1. The van der Waals surface area contributed by atoms with Crippen molar-refractivity contribution in [3.8, 4) is 0 Å². The van der Waals surface area contributed by atoms with Gasteiger partial charge >= 0.3 is 0 Å². The number of carbonyl (C=O) groups is 2. The van der Waals surface area contributed by atoms with Crippen LogP contribution in [-0.2, 0) is 27.8 Å². The molecule has 1 fully saturated rings. The molecular weight excluding hydrogens is 448 g/mol. The van der Waals surface area contributed by atoms with Gasteiger partial charge < -0.3 is 10.2 Å². The van der Waals surface area contributed by atoms with Crippen LogP contribution in [0.5, 0.6) is 0 Å². The molecule has 6 heteroatoms. The number of nitrogens with zero attached hydrogens (tertiary/aromatic N) is 3. The monoisotopic (exact) mass is 482 g/mol. The second-order valence-electron chi connectivity index (χ2n) is 11.2. The molecule has 36 heavy (non-hydrogen) atoms. The number of anilines is 1. The molecule has 186 valence electrons. The van der Waals surface area contributed by atoms with E-state index in [4.69, 9.17) is 4.99 Å². The summed E-state index contributed by atoms with van der Waals surface area (Å²) in [5.74, 6) is 0.989. The Labute approximate surface area is 212 Å². The Hall–Kier alpha value is -3.28. The number of hydrogen-bond donors (Lipinski definition) is 1. The maximum absolute atomic E-state index is 13.3. The number of aliphatic imine (C=N–C) groups is 1.